The summed E-state index contributed by atoms with van der Waals surface area (Å²) in [6.07, 6.45) is 0. The van der Waals surface area contributed by atoms with Crippen LogP contribution in [0.3, 0.4) is 0 Å². The first-order valence-corrected chi connectivity index (χ1v) is 13.1. The van der Waals surface area contributed by atoms with Crippen LogP contribution in [0.4, 0.5) is 0 Å². The molecular weight excluding hydrogens is 488 g/mol. The van der Waals surface area contributed by atoms with Crippen molar-refractivity contribution in [2.45, 2.75) is 24.7 Å². The molecule has 0 bridgehead atoms. The molecule has 1 spiro atoms. The lowest BCUT2D eigenvalue weighted by atomic mass is 9.70. The zero-order valence-electron chi connectivity index (χ0n) is 19.7. The molecule has 0 unspecified atom stereocenters. The molecule has 5 aromatic rings. The summed E-state index contributed by atoms with van der Waals surface area (Å²) < 4.78 is 1.21. The fourth-order valence-electron chi connectivity index (χ4n) is 7.48. The molecule has 35 heavy (non-hydrogen) atoms. The van der Waals surface area contributed by atoms with E-state index in [1.54, 1.807) is 0 Å². The number of halogens is 1. The van der Waals surface area contributed by atoms with Crippen molar-refractivity contribution in [3.8, 4) is 33.4 Å². The number of benzene rings is 5. The molecule has 8 rings (SSSR count). The van der Waals surface area contributed by atoms with Crippen LogP contribution in [0.25, 0.3) is 33.4 Å². The van der Waals surface area contributed by atoms with E-state index in [0.29, 0.717) is 0 Å². The van der Waals surface area contributed by atoms with Crippen molar-refractivity contribution in [2.75, 3.05) is 0 Å². The number of hydrogen-bond donors (Lipinski definition) is 0. The molecule has 3 aliphatic rings. The molecule has 0 radical (unpaired) electrons. The van der Waals surface area contributed by atoms with Gasteiger partial charge >= 0.3 is 0 Å². The lowest BCUT2D eigenvalue weighted by molar-refractivity contribution is 0.656. The Bertz CT molecular complexity index is 1690. The SMILES string of the molecule is CC1(C)c2ccccc2-c2c3c(cc(Br)c21)C1(c2ccccc2-c2ccccc21)c1ccccc1-3. The van der Waals surface area contributed by atoms with Gasteiger partial charge in [-0.25, -0.2) is 0 Å². The minimum absolute atomic E-state index is 0.0595. The molecule has 0 fully saturated rings. The van der Waals surface area contributed by atoms with Gasteiger partial charge in [0.05, 0.1) is 5.41 Å². The van der Waals surface area contributed by atoms with E-state index in [-0.39, 0.29) is 10.8 Å². The molecule has 3 aliphatic carbocycles. The lowest BCUT2D eigenvalue weighted by Gasteiger charge is -2.31. The summed E-state index contributed by atoms with van der Waals surface area (Å²) in [5.41, 5.74) is 16.3. The summed E-state index contributed by atoms with van der Waals surface area (Å²) in [6.45, 7) is 4.73. The number of rotatable bonds is 0. The van der Waals surface area contributed by atoms with Crippen LogP contribution < -0.4 is 0 Å². The second-order valence-electron chi connectivity index (χ2n) is 10.6. The zero-order valence-corrected chi connectivity index (χ0v) is 21.3. The Balaban J connectivity index is 1.62. The summed E-state index contributed by atoms with van der Waals surface area (Å²) in [5.74, 6) is 0. The van der Waals surface area contributed by atoms with E-state index < -0.39 is 0 Å². The van der Waals surface area contributed by atoms with Gasteiger partial charge in [0, 0.05) is 9.89 Å². The standard InChI is InChI=1S/C34H23Br/c1-33(2)24-15-7-5-13-22(24)31-30-23-14-6-10-18-27(23)34(28(30)19-29(35)32(31)33)25-16-8-3-11-20(25)21-12-4-9-17-26(21)34/h3-19H,1-2H3. The third-order valence-corrected chi connectivity index (χ3v) is 9.36. The molecule has 0 amide bonds. The Morgan fingerprint density at radius 1 is 0.486 bits per heavy atom. The van der Waals surface area contributed by atoms with Crippen molar-refractivity contribution in [2.24, 2.45) is 0 Å². The second kappa shape index (κ2) is 6.42. The molecule has 0 nitrogen and oxygen atoms in total. The molecule has 0 atom stereocenters. The first kappa shape index (κ1) is 19.8. The highest BCUT2D eigenvalue weighted by atomic mass is 79.9. The third-order valence-electron chi connectivity index (χ3n) is 8.73. The fourth-order valence-corrected chi connectivity index (χ4v) is 8.40. The molecule has 1 heteroatoms. The van der Waals surface area contributed by atoms with Crippen LogP contribution in [0, 0.1) is 0 Å². The maximum absolute atomic E-state index is 4.09. The monoisotopic (exact) mass is 510 g/mol. The van der Waals surface area contributed by atoms with Gasteiger partial charge in [-0.15, -0.1) is 0 Å². The van der Waals surface area contributed by atoms with E-state index in [2.05, 4.69) is 133 Å². The van der Waals surface area contributed by atoms with Gasteiger partial charge in [0.1, 0.15) is 0 Å². The summed E-state index contributed by atoms with van der Waals surface area (Å²) in [5, 5.41) is 0. The highest BCUT2D eigenvalue weighted by molar-refractivity contribution is 9.10. The first-order chi connectivity index (χ1) is 17.1. The Hall–Kier alpha value is -3.42. The minimum Gasteiger partial charge on any atom is -0.0619 e. The van der Waals surface area contributed by atoms with E-state index in [0.717, 1.165) is 0 Å². The maximum atomic E-state index is 4.09. The fraction of sp³-hybridized carbons (Fsp3) is 0.118. The van der Waals surface area contributed by atoms with Crippen LogP contribution in [-0.4, -0.2) is 0 Å². The van der Waals surface area contributed by atoms with Gasteiger partial charge in [-0.2, -0.15) is 0 Å². The van der Waals surface area contributed by atoms with Crippen molar-refractivity contribution >= 4 is 15.9 Å². The first-order valence-electron chi connectivity index (χ1n) is 12.3. The summed E-state index contributed by atoms with van der Waals surface area (Å²) in [6, 6.07) is 38.6. The quantitative estimate of drug-likeness (QED) is 0.191. The molecule has 0 N–H and O–H groups in total. The second-order valence-corrected chi connectivity index (χ2v) is 11.4. The Kier molecular flexibility index (Phi) is 3.64. The van der Waals surface area contributed by atoms with E-state index in [1.165, 1.54) is 71.2 Å². The van der Waals surface area contributed by atoms with Gasteiger partial charge in [0.15, 0.2) is 0 Å². The van der Waals surface area contributed by atoms with Gasteiger partial charge in [0.25, 0.3) is 0 Å². The summed E-state index contributed by atoms with van der Waals surface area (Å²) >= 11 is 4.09. The third kappa shape index (κ3) is 2.12. The lowest BCUT2D eigenvalue weighted by Crippen LogP contribution is -2.26. The Morgan fingerprint density at radius 2 is 0.914 bits per heavy atom. The van der Waals surface area contributed by atoms with Crippen molar-refractivity contribution in [1.29, 1.82) is 0 Å². The van der Waals surface area contributed by atoms with Gasteiger partial charge in [-0.1, -0.05) is 127 Å². The Morgan fingerprint density at radius 3 is 1.49 bits per heavy atom. The predicted molar refractivity (Wildman–Crippen MR) is 148 cm³/mol. The van der Waals surface area contributed by atoms with Crippen LogP contribution in [0.2, 0.25) is 0 Å². The topological polar surface area (TPSA) is 0 Å². The maximum Gasteiger partial charge on any atom is 0.0726 e. The molecule has 5 aromatic carbocycles. The highest BCUT2D eigenvalue weighted by Gasteiger charge is 2.54. The highest BCUT2D eigenvalue weighted by Crippen LogP contribution is 2.67. The zero-order chi connectivity index (χ0) is 23.5. The van der Waals surface area contributed by atoms with Crippen LogP contribution in [-0.2, 0) is 10.8 Å². The predicted octanol–water partition coefficient (Wildman–Crippen LogP) is 9.10. The number of fused-ring (bicyclic) bond motifs is 14. The van der Waals surface area contributed by atoms with Gasteiger partial charge in [-0.3, -0.25) is 0 Å². The van der Waals surface area contributed by atoms with Crippen LogP contribution in [0.5, 0.6) is 0 Å². The van der Waals surface area contributed by atoms with Crippen molar-refractivity contribution in [3.63, 3.8) is 0 Å². The molecule has 166 valence electrons. The normalized spacial score (nSPS) is 16.3. The average Bonchev–Trinajstić information content (AvgIpc) is 3.44. The van der Waals surface area contributed by atoms with Crippen molar-refractivity contribution < 1.29 is 0 Å². The molecular formula is C34H23Br. The Labute approximate surface area is 214 Å². The molecule has 0 aliphatic heterocycles. The van der Waals surface area contributed by atoms with Gasteiger partial charge in [-0.05, 0) is 72.8 Å². The van der Waals surface area contributed by atoms with Crippen LogP contribution >= 0.6 is 15.9 Å². The van der Waals surface area contributed by atoms with Gasteiger partial charge in [0.2, 0.25) is 0 Å². The van der Waals surface area contributed by atoms with E-state index in [1.807, 2.05) is 0 Å². The van der Waals surface area contributed by atoms with Crippen molar-refractivity contribution in [1.82, 2.24) is 0 Å². The summed E-state index contributed by atoms with van der Waals surface area (Å²) in [4.78, 5) is 0. The average molecular weight is 511 g/mol. The minimum atomic E-state index is -0.307. The van der Waals surface area contributed by atoms with E-state index in [4.69, 9.17) is 0 Å². The smallest absolute Gasteiger partial charge is 0.0619 e. The van der Waals surface area contributed by atoms with E-state index >= 15 is 0 Å². The largest absolute Gasteiger partial charge is 0.0726 e. The van der Waals surface area contributed by atoms with Crippen LogP contribution in [0.1, 0.15) is 47.2 Å². The summed E-state index contributed by atoms with van der Waals surface area (Å²) in [7, 11) is 0. The van der Waals surface area contributed by atoms with Gasteiger partial charge < -0.3 is 0 Å². The number of hydrogen-bond acceptors (Lipinski definition) is 0. The van der Waals surface area contributed by atoms with E-state index in [9.17, 15) is 0 Å². The molecule has 0 saturated carbocycles. The van der Waals surface area contributed by atoms with Crippen LogP contribution in [0.15, 0.2) is 108 Å². The van der Waals surface area contributed by atoms with Crippen molar-refractivity contribution in [3.05, 3.63) is 141 Å². The molecule has 0 saturated heterocycles. The molecule has 0 heterocycles. The molecule has 0 aromatic heterocycles.